The lowest BCUT2D eigenvalue weighted by atomic mass is 10.0. The summed E-state index contributed by atoms with van der Waals surface area (Å²) >= 11 is 0. The van der Waals surface area contributed by atoms with Gasteiger partial charge in [-0.15, -0.1) is 0 Å². The van der Waals surface area contributed by atoms with Crippen LogP contribution in [0.4, 0.5) is 0 Å². The van der Waals surface area contributed by atoms with E-state index in [9.17, 15) is 5.11 Å². The molecule has 0 fully saturated rings. The average Bonchev–Trinajstić information content (AvgIpc) is 1.85. The van der Waals surface area contributed by atoms with Crippen LogP contribution in [-0.4, -0.2) is 23.8 Å². The van der Waals surface area contributed by atoms with E-state index in [2.05, 4.69) is 13.8 Å². The van der Waals surface area contributed by atoms with Crippen LogP contribution in [0.1, 0.15) is 26.7 Å². The van der Waals surface area contributed by atoms with Crippen LogP contribution in [0.5, 0.6) is 0 Å². The summed E-state index contributed by atoms with van der Waals surface area (Å²) in [5.41, 5.74) is 10.9. The first-order chi connectivity index (χ1) is 5.06. The Morgan fingerprint density at radius 1 is 1.27 bits per heavy atom. The third-order valence-electron chi connectivity index (χ3n) is 1.62. The summed E-state index contributed by atoms with van der Waals surface area (Å²) in [4.78, 5) is 0. The van der Waals surface area contributed by atoms with Gasteiger partial charge in [-0.05, 0) is 18.8 Å². The van der Waals surface area contributed by atoms with E-state index in [0.717, 1.165) is 6.42 Å². The van der Waals surface area contributed by atoms with E-state index in [1.807, 2.05) is 0 Å². The molecule has 0 amide bonds. The van der Waals surface area contributed by atoms with Gasteiger partial charge in [-0.2, -0.15) is 0 Å². The highest BCUT2D eigenvalue weighted by molar-refractivity contribution is 4.68. The van der Waals surface area contributed by atoms with Crippen molar-refractivity contribution in [2.75, 3.05) is 6.54 Å². The molecule has 0 radical (unpaired) electrons. The lowest BCUT2D eigenvalue weighted by molar-refractivity contribution is 0.132. The van der Waals surface area contributed by atoms with Gasteiger partial charge >= 0.3 is 0 Å². The first-order valence-corrected chi connectivity index (χ1v) is 4.20. The summed E-state index contributed by atoms with van der Waals surface area (Å²) in [7, 11) is 0. The van der Waals surface area contributed by atoms with Crippen molar-refractivity contribution in [2.45, 2.75) is 38.8 Å². The molecule has 0 aliphatic rings. The minimum atomic E-state index is -0.284. The first kappa shape index (κ1) is 10.9. The predicted molar refractivity (Wildman–Crippen MR) is 47.1 cm³/mol. The van der Waals surface area contributed by atoms with E-state index in [1.165, 1.54) is 0 Å². The molecule has 68 valence electrons. The van der Waals surface area contributed by atoms with Crippen molar-refractivity contribution in [3.63, 3.8) is 0 Å². The molecule has 1 unspecified atom stereocenters. The molecule has 0 spiro atoms. The molecular formula is C8H20N2O. The van der Waals surface area contributed by atoms with E-state index in [4.69, 9.17) is 11.5 Å². The summed E-state index contributed by atoms with van der Waals surface area (Å²) < 4.78 is 0. The minimum absolute atomic E-state index is 0.0521. The van der Waals surface area contributed by atoms with Crippen molar-refractivity contribution in [3.8, 4) is 0 Å². The average molecular weight is 160 g/mol. The van der Waals surface area contributed by atoms with Crippen LogP contribution >= 0.6 is 0 Å². The second-order valence-electron chi connectivity index (χ2n) is 3.51. The molecule has 0 aromatic rings. The second kappa shape index (κ2) is 5.52. The third-order valence-corrected chi connectivity index (χ3v) is 1.62. The molecule has 5 N–H and O–H groups in total. The lowest BCUT2D eigenvalue weighted by Crippen LogP contribution is -2.33. The highest BCUT2D eigenvalue weighted by atomic mass is 16.3. The Morgan fingerprint density at radius 3 is 2.18 bits per heavy atom. The zero-order valence-electron chi connectivity index (χ0n) is 7.46. The van der Waals surface area contributed by atoms with Crippen molar-refractivity contribution in [1.82, 2.24) is 0 Å². The summed E-state index contributed by atoms with van der Waals surface area (Å²) in [6.07, 6.45) is 1.15. The van der Waals surface area contributed by atoms with Crippen LogP contribution < -0.4 is 11.5 Å². The maximum Gasteiger partial charge on any atom is 0.0558 e. The molecule has 0 aromatic heterocycles. The van der Waals surface area contributed by atoms with Crippen LogP contribution in [0, 0.1) is 5.92 Å². The molecule has 0 rings (SSSR count). The van der Waals surface area contributed by atoms with E-state index in [0.29, 0.717) is 18.9 Å². The van der Waals surface area contributed by atoms with Gasteiger partial charge < -0.3 is 16.6 Å². The Labute approximate surface area is 68.8 Å². The Balaban J connectivity index is 3.43. The molecule has 0 saturated heterocycles. The molecule has 2 atom stereocenters. The molecule has 3 heteroatoms. The largest absolute Gasteiger partial charge is 0.393 e. The number of aliphatic hydroxyl groups excluding tert-OH is 1. The van der Waals surface area contributed by atoms with Crippen LogP contribution in [0.15, 0.2) is 0 Å². The Hall–Kier alpha value is -0.120. The maximum atomic E-state index is 9.39. The van der Waals surface area contributed by atoms with Crippen LogP contribution in [0.25, 0.3) is 0 Å². The standard InChI is InChI=1S/C8H20N2O/c1-6(2)3-8(11)4-7(10)5-9/h6-8,11H,3-5,9-10H2,1-2H3/t7?,8-/m1/s1. The van der Waals surface area contributed by atoms with Crippen molar-refractivity contribution in [3.05, 3.63) is 0 Å². The fourth-order valence-corrected chi connectivity index (χ4v) is 1.09. The van der Waals surface area contributed by atoms with Crippen LogP contribution in [0.2, 0.25) is 0 Å². The first-order valence-electron chi connectivity index (χ1n) is 4.20. The van der Waals surface area contributed by atoms with Gasteiger partial charge in [0.15, 0.2) is 0 Å². The minimum Gasteiger partial charge on any atom is -0.393 e. The van der Waals surface area contributed by atoms with Crippen molar-refractivity contribution in [2.24, 2.45) is 17.4 Å². The second-order valence-corrected chi connectivity index (χ2v) is 3.51. The molecule has 0 aliphatic heterocycles. The summed E-state index contributed by atoms with van der Waals surface area (Å²) in [6, 6.07) is -0.0521. The zero-order chi connectivity index (χ0) is 8.85. The van der Waals surface area contributed by atoms with Crippen molar-refractivity contribution in [1.29, 1.82) is 0 Å². The molecule has 3 nitrogen and oxygen atoms in total. The molecule has 0 aliphatic carbocycles. The monoisotopic (exact) mass is 160 g/mol. The van der Waals surface area contributed by atoms with E-state index in [1.54, 1.807) is 0 Å². The third kappa shape index (κ3) is 6.28. The topological polar surface area (TPSA) is 72.3 Å². The van der Waals surface area contributed by atoms with Crippen LogP contribution in [0.3, 0.4) is 0 Å². The summed E-state index contributed by atoms with van der Waals surface area (Å²) in [5.74, 6) is 0.523. The highest BCUT2D eigenvalue weighted by Gasteiger charge is 2.10. The predicted octanol–water partition coefficient (Wildman–Crippen LogP) is 0.0695. The Bertz CT molecular complexity index is 96.1. The number of nitrogens with two attached hydrogens (primary N) is 2. The number of rotatable bonds is 5. The summed E-state index contributed by atoms with van der Waals surface area (Å²) in [6.45, 7) is 4.61. The van der Waals surface area contributed by atoms with E-state index in [-0.39, 0.29) is 12.1 Å². The quantitative estimate of drug-likeness (QED) is 0.533. The number of aliphatic hydroxyl groups is 1. The molecular weight excluding hydrogens is 140 g/mol. The van der Waals surface area contributed by atoms with Gasteiger partial charge in [0.25, 0.3) is 0 Å². The number of hydrogen-bond acceptors (Lipinski definition) is 3. The fraction of sp³-hybridized carbons (Fsp3) is 1.00. The smallest absolute Gasteiger partial charge is 0.0558 e. The van der Waals surface area contributed by atoms with Crippen molar-refractivity contribution < 1.29 is 5.11 Å². The molecule has 0 bridgehead atoms. The van der Waals surface area contributed by atoms with Gasteiger partial charge in [0, 0.05) is 12.6 Å². The normalized spacial score (nSPS) is 16.9. The summed E-state index contributed by atoms with van der Waals surface area (Å²) in [5, 5.41) is 9.39. The Kier molecular flexibility index (Phi) is 5.46. The van der Waals surface area contributed by atoms with Crippen molar-refractivity contribution >= 4 is 0 Å². The van der Waals surface area contributed by atoms with Gasteiger partial charge in [0.1, 0.15) is 0 Å². The van der Waals surface area contributed by atoms with Gasteiger partial charge in [0.2, 0.25) is 0 Å². The zero-order valence-corrected chi connectivity index (χ0v) is 7.46. The van der Waals surface area contributed by atoms with Gasteiger partial charge in [0.05, 0.1) is 6.10 Å². The van der Waals surface area contributed by atoms with E-state index < -0.39 is 0 Å². The molecule has 0 heterocycles. The van der Waals surface area contributed by atoms with Crippen LogP contribution in [-0.2, 0) is 0 Å². The van der Waals surface area contributed by atoms with Gasteiger partial charge in [-0.3, -0.25) is 0 Å². The SMILES string of the molecule is CC(C)C[C@@H](O)CC(N)CN. The molecule has 0 aromatic carbocycles. The fourth-order valence-electron chi connectivity index (χ4n) is 1.09. The van der Waals surface area contributed by atoms with E-state index >= 15 is 0 Å². The maximum absolute atomic E-state index is 9.39. The Morgan fingerprint density at radius 2 is 1.82 bits per heavy atom. The lowest BCUT2D eigenvalue weighted by Gasteiger charge is -2.16. The molecule has 0 saturated carbocycles. The van der Waals surface area contributed by atoms with Gasteiger partial charge in [-0.25, -0.2) is 0 Å². The molecule has 11 heavy (non-hydrogen) atoms. The number of hydrogen-bond donors (Lipinski definition) is 3. The highest BCUT2D eigenvalue weighted by Crippen LogP contribution is 2.08. The van der Waals surface area contributed by atoms with Gasteiger partial charge in [-0.1, -0.05) is 13.8 Å².